The van der Waals surface area contributed by atoms with E-state index in [1.54, 1.807) is 56.4 Å². The van der Waals surface area contributed by atoms with Gasteiger partial charge in [0, 0.05) is 6.07 Å². The van der Waals surface area contributed by atoms with Gasteiger partial charge in [-0.05, 0) is 26.3 Å². The highest BCUT2D eigenvalue weighted by molar-refractivity contribution is 5.47. The molecule has 0 amide bonds. The van der Waals surface area contributed by atoms with Crippen molar-refractivity contribution in [3.05, 3.63) is 58.7 Å². The molecule has 3 heterocycles. The van der Waals surface area contributed by atoms with Crippen LogP contribution < -0.4 is 10.4 Å². The van der Waals surface area contributed by atoms with Crippen molar-refractivity contribution < 1.29 is 28.8 Å². The van der Waals surface area contributed by atoms with E-state index in [9.17, 15) is 15.0 Å². The molecule has 2 N–H and O–H groups in total. The summed E-state index contributed by atoms with van der Waals surface area (Å²) in [6.45, 7) is 5.43. The molecule has 1 aromatic rings. The Hall–Kier alpha value is -2.19. The van der Waals surface area contributed by atoms with Gasteiger partial charge in [-0.25, -0.2) is 4.79 Å². The SMILES string of the molecule is CC[C@H]1O[C@@H]2O[C@H](/C=C/C=C/C=C/c3cc(OC)cc(=O)o3)[C@H](O)[C@]2(C)[C@@]1(C)O. The third-order valence-corrected chi connectivity index (χ3v) is 5.97. The monoisotopic (exact) mass is 404 g/mol. The first-order valence-corrected chi connectivity index (χ1v) is 9.66. The number of hydrogen-bond donors (Lipinski definition) is 2. The molecule has 2 saturated heterocycles. The Bertz CT molecular complexity index is 866. The zero-order valence-corrected chi connectivity index (χ0v) is 17.1. The van der Waals surface area contributed by atoms with Crippen LogP contribution in [0.5, 0.6) is 5.75 Å². The lowest BCUT2D eigenvalue weighted by molar-refractivity contribution is -0.144. The van der Waals surface area contributed by atoms with Crippen LogP contribution >= 0.6 is 0 Å². The lowest BCUT2D eigenvalue weighted by Crippen LogP contribution is -2.54. The first kappa shape index (κ1) is 21.5. The van der Waals surface area contributed by atoms with Gasteiger partial charge in [-0.3, -0.25) is 0 Å². The Morgan fingerprint density at radius 2 is 1.90 bits per heavy atom. The quantitative estimate of drug-likeness (QED) is 0.703. The molecule has 0 spiro atoms. The van der Waals surface area contributed by atoms with Crippen LogP contribution in [-0.2, 0) is 9.47 Å². The molecule has 2 aliphatic rings. The average Bonchev–Trinajstić information content (AvgIpc) is 3.04. The van der Waals surface area contributed by atoms with Gasteiger partial charge in [0.1, 0.15) is 23.2 Å². The van der Waals surface area contributed by atoms with Gasteiger partial charge in [-0.15, -0.1) is 0 Å². The molecule has 6 atom stereocenters. The summed E-state index contributed by atoms with van der Waals surface area (Å²) >= 11 is 0. The van der Waals surface area contributed by atoms with Crippen molar-refractivity contribution in [2.24, 2.45) is 5.41 Å². The lowest BCUT2D eigenvalue weighted by atomic mass is 9.69. The molecule has 0 saturated carbocycles. The first-order valence-electron chi connectivity index (χ1n) is 9.66. The number of methoxy groups -OCH3 is 1. The number of aliphatic hydroxyl groups is 2. The first-order chi connectivity index (χ1) is 13.7. The topological polar surface area (TPSA) is 98.4 Å². The summed E-state index contributed by atoms with van der Waals surface area (Å²) < 4.78 is 21.8. The van der Waals surface area contributed by atoms with Gasteiger partial charge in [0.05, 0.1) is 30.8 Å². The minimum absolute atomic E-state index is 0.376. The normalized spacial score (nSPS) is 37.2. The Balaban J connectivity index is 1.62. The van der Waals surface area contributed by atoms with Crippen LogP contribution in [0.25, 0.3) is 6.08 Å². The molecular formula is C22H28O7. The Morgan fingerprint density at radius 3 is 2.55 bits per heavy atom. The summed E-state index contributed by atoms with van der Waals surface area (Å²) in [7, 11) is 1.48. The zero-order chi connectivity index (χ0) is 21.2. The third kappa shape index (κ3) is 3.83. The molecule has 2 aliphatic heterocycles. The van der Waals surface area contributed by atoms with E-state index in [2.05, 4.69) is 0 Å². The summed E-state index contributed by atoms with van der Waals surface area (Å²) in [6, 6.07) is 2.88. The van der Waals surface area contributed by atoms with Crippen LogP contribution in [0.2, 0.25) is 0 Å². The van der Waals surface area contributed by atoms with E-state index in [0.29, 0.717) is 17.9 Å². The molecule has 2 fully saturated rings. The van der Waals surface area contributed by atoms with Gasteiger partial charge in [0.25, 0.3) is 0 Å². The van der Waals surface area contributed by atoms with E-state index in [0.717, 1.165) is 0 Å². The average molecular weight is 404 g/mol. The second kappa shape index (κ2) is 8.28. The summed E-state index contributed by atoms with van der Waals surface area (Å²) in [5.41, 5.74) is -2.58. The van der Waals surface area contributed by atoms with E-state index in [1.807, 2.05) is 6.92 Å². The number of allylic oxidation sites excluding steroid dienone is 4. The van der Waals surface area contributed by atoms with Crippen molar-refractivity contribution in [2.75, 3.05) is 7.11 Å². The molecule has 29 heavy (non-hydrogen) atoms. The fraction of sp³-hybridized carbons (Fsp3) is 0.500. The summed E-state index contributed by atoms with van der Waals surface area (Å²) in [5, 5.41) is 21.7. The Morgan fingerprint density at radius 1 is 1.17 bits per heavy atom. The second-order valence-electron chi connectivity index (χ2n) is 7.69. The summed E-state index contributed by atoms with van der Waals surface area (Å²) in [5.74, 6) is 0.808. The molecule has 3 rings (SSSR count). The van der Waals surface area contributed by atoms with Gasteiger partial charge < -0.3 is 28.8 Å². The molecule has 0 aliphatic carbocycles. The number of rotatable bonds is 6. The van der Waals surface area contributed by atoms with Crippen LogP contribution in [0.4, 0.5) is 0 Å². The maximum atomic E-state index is 11.4. The van der Waals surface area contributed by atoms with Crippen molar-refractivity contribution >= 4 is 6.08 Å². The molecule has 158 valence electrons. The van der Waals surface area contributed by atoms with Crippen LogP contribution in [0, 0.1) is 5.41 Å². The highest BCUT2D eigenvalue weighted by Gasteiger charge is 2.69. The number of aliphatic hydroxyl groups excluding tert-OH is 1. The van der Waals surface area contributed by atoms with E-state index >= 15 is 0 Å². The van der Waals surface area contributed by atoms with E-state index < -0.39 is 35.1 Å². The van der Waals surface area contributed by atoms with Gasteiger partial charge in [0.15, 0.2) is 6.29 Å². The third-order valence-electron chi connectivity index (χ3n) is 5.97. The minimum Gasteiger partial charge on any atom is -0.496 e. The summed E-state index contributed by atoms with van der Waals surface area (Å²) in [6.07, 6.45) is 8.45. The molecule has 7 nitrogen and oxygen atoms in total. The summed E-state index contributed by atoms with van der Waals surface area (Å²) in [4.78, 5) is 11.4. The van der Waals surface area contributed by atoms with Gasteiger partial charge in [0.2, 0.25) is 0 Å². The molecule has 0 radical (unpaired) electrons. The number of fused-ring (bicyclic) bond motifs is 1. The van der Waals surface area contributed by atoms with Gasteiger partial charge in [-0.1, -0.05) is 37.3 Å². The number of hydrogen-bond acceptors (Lipinski definition) is 7. The standard InChI is InChI=1S/C22H28O7/c1-5-17-22(3,25)21(2)19(24)16(28-20(21)29-17)11-9-7-6-8-10-14-12-15(26-4)13-18(23)27-14/h6-13,16-17,19-20,24-25H,5H2,1-4H3/b7-6+,10-8+,11-9+/t16-,17-,19+,20+,21+,22+/m1/s1. The predicted octanol–water partition coefficient (Wildman–Crippen LogP) is 2.43. The Labute approximate surface area is 169 Å². The maximum absolute atomic E-state index is 11.4. The van der Waals surface area contributed by atoms with Crippen LogP contribution in [0.1, 0.15) is 33.0 Å². The fourth-order valence-corrected chi connectivity index (χ4v) is 3.95. The van der Waals surface area contributed by atoms with Gasteiger partial charge in [-0.2, -0.15) is 0 Å². The van der Waals surface area contributed by atoms with Crippen LogP contribution in [0.15, 0.2) is 51.7 Å². The van der Waals surface area contributed by atoms with E-state index in [4.69, 9.17) is 18.6 Å². The van der Waals surface area contributed by atoms with Crippen molar-refractivity contribution in [1.29, 1.82) is 0 Å². The lowest BCUT2D eigenvalue weighted by Gasteiger charge is -2.38. The highest BCUT2D eigenvalue weighted by atomic mass is 16.7. The molecule has 1 aromatic heterocycles. The van der Waals surface area contributed by atoms with Crippen molar-refractivity contribution in [2.45, 2.75) is 57.4 Å². The number of ether oxygens (including phenoxy) is 3. The van der Waals surface area contributed by atoms with Gasteiger partial charge >= 0.3 is 5.63 Å². The van der Waals surface area contributed by atoms with E-state index in [1.165, 1.54) is 13.2 Å². The van der Waals surface area contributed by atoms with Crippen molar-refractivity contribution in [3.63, 3.8) is 0 Å². The maximum Gasteiger partial charge on any atom is 0.339 e. The molecule has 0 bridgehead atoms. The highest BCUT2D eigenvalue weighted by Crippen LogP contribution is 2.55. The van der Waals surface area contributed by atoms with E-state index in [-0.39, 0.29) is 6.10 Å². The molecule has 7 heteroatoms. The smallest absolute Gasteiger partial charge is 0.339 e. The molecule has 0 aromatic carbocycles. The molecular weight excluding hydrogens is 376 g/mol. The largest absolute Gasteiger partial charge is 0.496 e. The zero-order valence-electron chi connectivity index (χ0n) is 17.1. The van der Waals surface area contributed by atoms with Crippen molar-refractivity contribution in [1.82, 2.24) is 0 Å². The second-order valence-corrected chi connectivity index (χ2v) is 7.69. The van der Waals surface area contributed by atoms with Crippen molar-refractivity contribution in [3.8, 4) is 5.75 Å². The predicted molar refractivity (Wildman–Crippen MR) is 107 cm³/mol. The minimum atomic E-state index is -1.19. The Kier molecular flexibility index (Phi) is 6.14. The van der Waals surface area contributed by atoms with Crippen LogP contribution in [0.3, 0.4) is 0 Å². The fourth-order valence-electron chi connectivity index (χ4n) is 3.95. The van der Waals surface area contributed by atoms with Crippen LogP contribution in [-0.4, -0.2) is 47.5 Å². The molecule has 0 unspecified atom stereocenters.